The van der Waals surface area contributed by atoms with E-state index in [-0.39, 0.29) is 0 Å². The van der Waals surface area contributed by atoms with Gasteiger partial charge in [0.15, 0.2) is 0 Å². The van der Waals surface area contributed by atoms with Crippen molar-refractivity contribution >= 4 is 43.1 Å². The molecule has 0 aromatic heterocycles. The van der Waals surface area contributed by atoms with Crippen LogP contribution in [0.3, 0.4) is 0 Å². The zero-order valence-electron chi connectivity index (χ0n) is 18.1. The first-order valence-corrected chi connectivity index (χ1v) is 10.9. The van der Waals surface area contributed by atoms with E-state index in [9.17, 15) is 0 Å². The minimum absolute atomic E-state index is 0.820. The van der Waals surface area contributed by atoms with Crippen LogP contribution in [-0.4, -0.2) is 0 Å². The molecule has 0 nitrogen and oxygen atoms in total. The molecule has 2 aliphatic carbocycles. The Morgan fingerprint density at radius 1 is 0.265 bits per heavy atom. The van der Waals surface area contributed by atoms with Gasteiger partial charge in [0.2, 0.25) is 0 Å². The summed E-state index contributed by atoms with van der Waals surface area (Å²) in [6, 6.07) is 54.4. The van der Waals surface area contributed by atoms with Crippen molar-refractivity contribution < 1.29 is 0 Å². The normalized spacial score (nSPS) is 10.0. The summed E-state index contributed by atoms with van der Waals surface area (Å²) in [7, 11) is 0. The Labute approximate surface area is 199 Å². The highest BCUT2D eigenvalue weighted by molar-refractivity contribution is 5.86. The summed E-state index contributed by atoms with van der Waals surface area (Å²) in [5.41, 5.74) is 1.64. The smallest absolute Gasteiger partial charge is 0.0562 e. The summed E-state index contributed by atoms with van der Waals surface area (Å²) in [4.78, 5) is 0. The van der Waals surface area contributed by atoms with Crippen molar-refractivity contribution in [3.8, 4) is 11.8 Å². The van der Waals surface area contributed by atoms with Gasteiger partial charge >= 0.3 is 0 Å². The molecule has 0 heteroatoms. The van der Waals surface area contributed by atoms with E-state index < -0.39 is 0 Å². The maximum atomic E-state index is 3.37. The zero-order chi connectivity index (χ0) is 22.7. The summed E-state index contributed by atoms with van der Waals surface area (Å²) < 4.78 is 0. The summed E-state index contributed by atoms with van der Waals surface area (Å²) >= 11 is 0. The molecule has 34 heavy (non-hydrogen) atoms. The zero-order valence-corrected chi connectivity index (χ0v) is 18.1. The Morgan fingerprint density at radius 3 is 0.794 bits per heavy atom. The summed E-state index contributed by atoms with van der Waals surface area (Å²) in [5.74, 6) is 6.74. The highest BCUT2D eigenvalue weighted by Gasteiger charge is 2.00. The second kappa shape index (κ2) is 8.31. The molecule has 4 aromatic carbocycles. The van der Waals surface area contributed by atoms with E-state index in [1.807, 2.05) is 84.9 Å². The van der Waals surface area contributed by atoms with Gasteiger partial charge in [0.05, 0.1) is 11.1 Å². The predicted molar refractivity (Wildman–Crippen MR) is 137 cm³/mol. The molecular weight excluding hydrogens is 408 g/mol. The van der Waals surface area contributed by atoms with E-state index in [2.05, 4.69) is 60.4 Å². The number of fused-ring (bicyclic) bond motifs is 2. The van der Waals surface area contributed by atoms with Gasteiger partial charge in [0.1, 0.15) is 0 Å². The van der Waals surface area contributed by atoms with Gasteiger partial charge in [-0.1, -0.05) is 96.8 Å². The van der Waals surface area contributed by atoms with Crippen molar-refractivity contribution in [3.63, 3.8) is 0 Å². The van der Waals surface area contributed by atoms with Gasteiger partial charge < -0.3 is 0 Å². The number of rotatable bonds is 0. The van der Waals surface area contributed by atoms with Gasteiger partial charge in [-0.3, -0.25) is 0 Å². The molecule has 0 aliphatic heterocycles. The number of hydrogen-bond donors (Lipinski definition) is 0. The molecule has 6 rings (SSSR count). The first kappa shape index (κ1) is 19.4. The molecule has 0 atom stereocenters. The SMILES string of the molecule is C1#Cc2c3c#cc4ccccc4c#cc4cccc(c#cc5ccccc5c#cc2ccc3)c41. The van der Waals surface area contributed by atoms with Crippen molar-refractivity contribution in [3.05, 3.63) is 145 Å². The molecule has 150 valence electrons. The maximum Gasteiger partial charge on any atom is 0.0562 e. The maximum absolute atomic E-state index is 3.37. The molecule has 0 saturated heterocycles. The Kier molecular flexibility index (Phi) is 4.74. The Hall–Kier alpha value is -5.32. The first-order chi connectivity index (χ1) is 16.8. The summed E-state index contributed by atoms with van der Waals surface area (Å²) in [5, 5.41) is 6.93. The fraction of sp³-hybridized carbons (Fsp3) is 0. The molecule has 0 radical (unpaired) electrons. The third-order valence-electron chi connectivity index (χ3n) is 5.62. The third kappa shape index (κ3) is 3.62. The second-order valence-electron chi connectivity index (χ2n) is 7.80. The van der Waals surface area contributed by atoms with Crippen LogP contribution in [0, 0.1) is 60.4 Å². The third-order valence-corrected chi connectivity index (χ3v) is 5.62. The van der Waals surface area contributed by atoms with E-state index in [4.69, 9.17) is 0 Å². The van der Waals surface area contributed by atoms with Crippen LogP contribution in [0.2, 0.25) is 0 Å². The number of benzene rings is 4. The van der Waals surface area contributed by atoms with Gasteiger partial charge in [-0.05, 0) is 48.5 Å². The molecule has 0 saturated carbocycles. The second-order valence-corrected chi connectivity index (χ2v) is 7.80. The van der Waals surface area contributed by atoms with Gasteiger partial charge in [-0.25, -0.2) is 0 Å². The van der Waals surface area contributed by atoms with Crippen LogP contribution in [0.4, 0.5) is 0 Å². The van der Waals surface area contributed by atoms with Gasteiger partial charge in [0, 0.05) is 43.1 Å². The van der Waals surface area contributed by atoms with Crippen molar-refractivity contribution in [1.82, 2.24) is 0 Å². The van der Waals surface area contributed by atoms with E-state index in [1.54, 1.807) is 0 Å². The van der Waals surface area contributed by atoms with E-state index in [1.165, 1.54) is 0 Å². The van der Waals surface area contributed by atoms with Crippen LogP contribution in [0.15, 0.2) is 84.9 Å². The van der Waals surface area contributed by atoms with Crippen molar-refractivity contribution in [1.29, 1.82) is 0 Å². The van der Waals surface area contributed by atoms with E-state index in [0.29, 0.717) is 0 Å². The lowest BCUT2D eigenvalue weighted by Crippen LogP contribution is -1.81. The largest absolute Gasteiger partial charge is 0.0609 e. The van der Waals surface area contributed by atoms with Crippen molar-refractivity contribution in [2.45, 2.75) is 0 Å². The fourth-order valence-corrected chi connectivity index (χ4v) is 3.86. The van der Waals surface area contributed by atoms with E-state index in [0.717, 1.165) is 54.2 Å². The minimum atomic E-state index is 0.820. The van der Waals surface area contributed by atoms with Crippen LogP contribution in [0.5, 0.6) is 0 Å². The van der Waals surface area contributed by atoms with E-state index >= 15 is 0 Å². The lowest BCUT2D eigenvalue weighted by atomic mass is 10.0. The molecule has 2 bridgehead atoms. The Bertz CT molecular complexity index is 1560. The van der Waals surface area contributed by atoms with Crippen molar-refractivity contribution in [2.24, 2.45) is 0 Å². The summed E-state index contributed by atoms with van der Waals surface area (Å²) in [6.45, 7) is 0. The summed E-state index contributed by atoms with van der Waals surface area (Å²) in [6.07, 6.45) is 0. The molecule has 0 N–H and O–H groups in total. The highest BCUT2D eigenvalue weighted by Crippen LogP contribution is 2.18. The average molecular weight is 422 g/mol. The van der Waals surface area contributed by atoms with Crippen LogP contribution in [0.1, 0.15) is 11.1 Å². The quantitative estimate of drug-likeness (QED) is 0.227. The molecule has 0 unspecified atom stereocenters. The molecule has 2 aliphatic rings. The van der Waals surface area contributed by atoms with Crippen LogP contribution in [-0.2, 0) is 0 Å². The van der Waals surface area contributed by atoms with Gasteiger partial charge in [-0.15, -0.1) is 0 Å². The molecular formula is C34H14. The molecule has 4 aromatic rings. The lowest BCUT2D eigenvalue weighted by molar-refractivity contribution is 1.73. The fourth-order valence-electron chi connectivity index (χ4n) is 3.86. The molecule has 0 spiro atoms. The van der Waals surface area contributed by atoms with Crippen LogP contribution < -0.4 is 0 Å². The van der Waals surface area contributed by atoms with Crippen LogP contribution in [0.25, 0.3) is 43.1 Å². The highest BCUT2D eigenvalue weighted by atomic mass is 14.0. The van der Waals surface area contributed by atoms with Gasteiger partial charge in [0.25, 0.3) is 0 Å². The predicted octanol–water partition coefficient (Wildman–Crippen LogP) is 7.23. The molecule has 0 heterocycles. The Morgan fingerprint density at radius 2 is 0.500 bits per heavy atom. The molecule has 0 amide bonds. The average Bonchev–Trinajstić information content (AvgIpc) is 2.87. The minimum Gasteiger partial charge on any atom is -0.0609 e. The van der Waals surface area contributed by atoms with Crippen molar-refractivity contribution in [2.75, 3.05) is 0 Å². The Balaban J connectivity index is 1.89. The lowest BCUT2D eigenvalue weighted by Gasteiger charge is -1.97. The van der Waals surface area contributed by atoms with Crippen LogP contribution >= 0.6 is 0 Å². The standard InChI is InChI=1S/C34H14/c1-2-8-26-16-20-30-12-6-14-32-22-18-28-10-4-3-9-27(28)17-21-31-13-5-11-29(19-15-25(26)7-1)33(31)23-24-34(30)32/h1-14H. The van der Waals surface area contributed by atoms with Gasteiger partial charge in [-0.2, -0.15) is 0 Å². The number of hydrogen-bond acceptors (Lipinski definition) is 0. The first-order valence-electron chi connectivity index (χ1n) is 10.9. The molecule has 0 fully saturated rings. The monoisotopic (exact) mass is 422 g/mol. The topological polar surface area (TPSA) is 0 Å².